The number of nitrogens with one attached hydrogen (secondary N) is 1. The van der Waals surface area contributed by atoms with Crippen molar-refractivity contribution in [3.05, 3.63) is 35.9 Å². The van der Waals surface area contributed by atoms with Gasteiger partial charge in [0, 0.05) is 25.7 Å². The molecule has 0 aromatic heterocycles. The maximum atomic E-state index is 12.0. The Labute approximate surface area is 138 Å². The topological polar surface area (TPSA) is 61.8 Å². The van der Waals surface area contributed by atoms with E-state index in [1.54, 1.807) is 0 Å². The standard InChI is InChI=1S/C18H28N2O3/c1-3-7-16(11-20-10-14(2)17(21)12-20)19-18(22)23-13-15-8-5-4-6-9-15/h4-6,8-9,14,16-17,21H,3,7,10-13H2,1-2H3,(H,19,22)/t14?,16-,17?/m0/s1. The van der Waals surface area contributed by atoms with Gasteiger partial charge in [-0.25, -0.2) is 4.79 Å². The summed E-state index contributed by atoms with van der Waals surface area (Å²) in [5, 5.41) is 12.8. The second kappa shape index (κ2) is 8.89. The number of likely N-dealkylation sites (tertiary alicyclic amines) is 1. The smallest absolute Gasteiger partial charge is 0.407 e. The van der Waals surface area contributed by atoms with Crippen LogP contribution in [0.1, 0.15) is 32.3 Å². The lowest BCUT2D eigenvalue weighted by atomic mass is 10.1. The normalized spacial score (nSPS) is 22.7. The van der Waals surface area contributed by atoms with Crippen molar-refractivity contribution in [2.75, 3.05) is 19.6 Å². The third kappa shape index (κ3) is 5.84. The molecule has 0 bridgehead atoms. The molecule has 1 aromatic carbocycles. The minimum atomic E-state index is -0.375. The number of ether oxygens (including phenoxy) is 1. The molecule has 5 heteroatoms. The van der Waals surface area contributed by atoms with Crippen molar-refractivity contribution in [3.63, 3.8) is 0 Å². The fourth-order valence-electron chi connectivity index (χ4n) is 3.00. The zero-order chi connectivity index (χ0) is 16.7. The van der Waals surface area contributed by atoms with Crippen molar-refractivity contribution in [2.24, 2.45) is 5.92 Å². The molecule has 1 fully saturated rings. The average molecular weight is 320 g/mol. The van der Waals surface area contributed by atoms with Gasteiger partial charge >= 0.3 is 6.09 Å². The molecule has 3 atom stereocenters. The summed E-state index contributed by atoms with van der Waals surface area (Å²) in [6, 6.07) is 9.72. The van der Waals surface area contributed by atoms with Gasteiger partial charge in [-0.1, -0.05) is 50.6 Å². The summed E-state index contributed by atoms with van der Waals surface area (Å²) >= 11 is 0. The fourth-order valence-corrected chi connectivity index (χ4v) is 3.00. The van der Waals surface area contributed by atoms with Gasteiger partial charge in [0.15, 0.2) is 0 Å². The predicted molar refractivity (Wildman–Crippen MR) is 90.1 cm³/mol. The highest BCUT2D eigenvalue weighted by molar-refractivity contribution is 5.67. The Hall–Kier alpha value is -1.59. The summed E-state index contributed by atoms with van der Waals surface area (Å²) in [5.41, 5.74) is 0.978. The minimum absolute atomic E-state index is 0.0563. The Morgan fingerprint density at radius 2 is 2.13 bits per heavy atom. The average Bonchev–Trinajstić information content (AvgIpc) is 2.84. The molecule has 2 rings (SSSR count). The maximum absolute atomic E-state index is 12.0. The van der Waals surface area contributed by atoms with Crippen molar-refractivity contribution < 1.29 is 14.6 Å². The van der Waals surface area contributed by atoms with Gasteiger partial charge in [-0.15, -0.1) is 0 Å². The number of rotatable bonds is 7. The highest BCUT2D eigenvalue weighted by Crippen LogP contribution is 2.17. The van der Waals surface area contributed by atoms with Crippen LogP contribution >= 0.6 is 0 Å². The first kappa shape index (κ1) is 17.8. The highest BCUT2D eigenvalue weighted by Gasteiger charge is 2.29. The van der Waals surface area contributed by atoms with Gasteiger partial charge in [-0.3, -0.25) is 4.90 Å². The number of amides is 1. The van der Waals surface area contributed by atoms with Crippen LogP contribution in [0.5, 0.6) is 0 Å². The van der Waals surface area contributed by atoms with Crippen molar-refractivity contribution >= 4 is 6.09 Å². The zero-order valence-electron chi connectivity index (χ0n) is 14.1. The number of alkyl carbamates (subject to hydrolysis) is 1. The molecule has 1 aromatic rings. The Bertz CT molecular complexity index is 470. The summed E-state index contributed by atoms with van der Waals surface area (Å²) in [5.74, 6) is 0.294. The van der Waals surface area contributed by atoms with Crippen LogP contribution in [0, 0.1) is 5.92 Å². The van der Waals surface area contributed by atoms with Crippen LogP contribution in [-0.4, -0.2) is 47.9 Å². The van der Waals surface area contributed by atoms with E-state index in [0.29, 0.717) is 12.5 Å². The van der Waals surface area contributed by atoms with Crippen LogP contribution < -0.4 is 5.32 Å². The number of aliphatic hydroxyl groups is 1. The molecular weight excluding hydrogens is 292 g/mol. The van der Waals surface area contributed by atoms with E-state index in [1.165, 1.54) is 0 Å². The number of carbonyl (C=O) groups excluding carboxylic acids is 1. The second-order valence-corrected chi connectivity index (χ2v) is 6.45. The van der Waals surface area contributed by atoms with Crippen LogP contribution in [0.3, 0.4) is 0 Å². The summed E-state index contributed by atoms with van der Waals surface area (Å²) in [7, 11) is 0. The molecule has 5 nitrogen and oxygen atoms in total. The van der Waals surface area contributed by atoms with Gasteiger partial charge in [0.25, 0.3) is 0 Å². The Morgan fingerprint density at radius 1 is 1.39 bits per heavy atom. The molecule has 0 aliphatic carbocycles. The molecule has 1 saturated heterocycles. The number of hydrogen-bond donors (Lipinski definition) is 2. The summed E-state index contributed by atoms with van der Waals surface area (Å²) in [4.78, 5) is 14.2. The second-order valence-electron chi connectivity index (χ2n) is 6.45. The van der Waals surface area contributed by atoms with Gasteiger partial charge in [0.1, 0.15) is 6.61 Å². The number of β-amino-alcohol motifs (C(OH)–C–C–N with tert-alkyl or cyclic N) is 1. The summed E-state index contributed by atoms with van der Waals surface area (Å²) < 4.78 is 5.29. The van der Waals surface area contributed by atoms with E-state index in [9.17, 15) is 9.90 Å². The van der Waals surface area contributed by atoms with Gasteiger partial charge in [0.2, 0.25) is 0 Å². The van der Waals surface area contributed by atoms with Gasteiger partial charge in [-0.05, 0) is 17.9 Å². The number of nitrogens with zero attached hydrogens (tertiary/aromatic N) is 1. The molecular formula is C18H28N2O3. The Kier molecular flexibility index (Phi) is 6.86. The van der Waals surface area contributed by atoms with Crippen LogP contribution in [-0.2, 0) is 11.3 Å². The Balaban J connectivity index is 1.78. The first-order chi connectivity index (χ1) is 11.1. The lowest BCUT2D eigenvalue weighted by Gasteiger charge is -2.24. The van der Waals surface area contributed by atoms with E-state index in [4.69, 9.17) is 4.74 Å². The number of carbonyl (C=O) groups is 1. The van der Waals surface area contributed by atoms with E-state index < -0.39 is 0 Å². The van der Waals surface area contributed by atoms with E-state index >= 15 is 0 Å². The first-order valence-corrected chi connectivity index (χ1v) is 8.46. The van der Waals surface area contributed by atoms with Crippen LogP contribution in [0.2, 0.25) is 0 Å². The van der Waals surface area contributed by atoms with E-state index in [2.05, 4.69) is 24.1 Å². The third-order valence-electron chi connectivity index (χ3n) is 4.30. The van der Waals surface area contributed by atoms with Crippen LogP contribution in [0.4, 0.5) is 4.79 Å². The lowest BCUT2D eigenvalue weighted by molar-refractivity contribution is 0.129. The predicted octanol–water partition coefficient (Wildman–Crippen LogP) is 2.39. The van der Waals surface area contributed by atoms with Gasteiger partial charge in [0.05, 0.1) is 6.10 Å². The van der Waals surface area contributed by atoms with E-state index in [-0.39, 0.29) is 24.8 Å². The molecule has 1 aliphatic heterocycles. The molecule has 1 heterocycles. The van der Waals surface area contributed by atoms with Crippen molar-refractivity contribution in [1.29, 1.82) is 0 Å². The quantitative estimate of drug-likeness (QED) is 0.810. The van der Waals surface area contributed by atoms with Crippen molar-refractivity contribution in [1.82, 2.24) is 10.2 Å². The monoisotopic (exact) mass is 320 g/mol. The number of aliphatic hydroxyl groups excluding tert-OH is 1. The van der Waals surface area contributed by atoms with Crippen LogP contribution in [0.15, 0.2) is 30.3 Å². The lowest BCUT2D eigenvalue weighted by Crippen LogP contribution is -2.43. The van der Waals surface area contributed by atoms with Crippen LogP contribution in [0.25, 0.3) is 0 Å². The number of hydrogen-bond acceptors (Lipinski definition) is 4. The minimum Gasteiger partial charge on any atom is -0.445 e. The van der Waals surface area contributed by atoms with Gasteiger partial charge in [-0.2, -0.15) is 0 Å². The molecule has 23 heavy (non-hydrogen) atoms. The molecule has 0 spiro atoms. The summed E-state index contributed by atoms with van der Waals surface area (Å²) in [6.45, 7) is 6.76. The largest absolute Gasteiger partial charge is 0.445 e. The highest BCUT2D eigenvalue weighted by atomic mass is 16.5. The molecule has 0 saturated carbocycles. The Morgan fingerprint density at radius 3 is 2.74 bits per heavy atom. The van der Waals surface area contributed by atoms with E-state index in [0.717, 1.165) is 31.5 Å². The molecule has 1 aliphatic rings. The SMILES string of the molecule is CCC[C@@H](CN1CC(C)C(O)C1)NC(=O)OCc1ccccc1. The van der Waals surface area contributed by atoms with Crippen molar-refractivity contribution in [3.8, 4) is 0 Å². The number of benzene rings is 1. The van der Waals surface area contributed by atoms with Crippen molar-refractivity contribution in [2.45, 2.75) is 45.4 Å². The van der Waals surface area contributed by atoms with E-state index in [1.807, 2.05) is 30.3 Å². The fraction of sp³-hybridized carbons (Fsp3) is 0.611. The molecule has 128 valence electrons. The summed E-state index contributed by atoms with van der Waals surface area (Å²) in [6.07, 6.45) is 1.26. The zero-order valence-corrected chi connectivity index (χ0v) is 14.1. The molecule has 2 unspecified atom stereocenters. The maximum Gasteiger partial charge on any atom is 0.407 e. The first-order valence-electron chi connectivity index (χ1n) is 8.46. The molecule has 0 radical (unpaired) electrons. The van der Waals surface area contributed by atoms with Gasteiger partial charge < -0.3 is 15.2 Å². The third-order valence-corrected chi connectivity index (χ3v) is 4.30. The molecule has 2 N–H and O–H groups in total. The molecule has 1 amide bonds.